The second-order valence-corrected chi connectivity index (χ2v) is 5.52. The largest absolute Gasteiger partial charge is 0.573 e. The highest BCUT2D eigenvalue weighted by molar-refractivity contribution is 6.02. The summed E-state index contributed by atoms with van der Waals surface area (Å²) in [6, 6.07) is 4.99. The molecule has 0 radical (unpaired) electrons. The number of amides is 2. The lowest BCUT2D eigenvalue weighted by Gasteiger charge is -2.21. The van der Waals surface area contributed by atoms with Gasteiger partial charge in [-0.1, -0.05) is 32.0 Å². The van der Waals surface area contributed by atoms with Crippen LogP contribution in [0.5, 0.6) is 5.75 Å². The highest BCUT2D eigenvalue weighted by atomic mass is 19.4. The zero-order chi connectivity index (χ0) is 17.9. The maximum Gasteiger partial charge on any atom is 0.573 e. The molecule has 0 aliphatic carbocycles. The summed E-state index contributed by atoms with van der Waals surface area (Å²) in [5.74, 6) is -1.09. The summed E-state index contributed by atoms with van der Waals surface area (Å²) in [7, 11) is 0. The molecule has 0 bridgehead atoms. The van der Waals surface area contributed by atoms with Crippen LogP contribution in [0.1, 0.15) is 19.4 Å². The van der Waals surface area contributed by atoms with Gasteiger partial charge in [0.05, 0.1) is 6.04 Å². The number of benzene rings is 1. The van der Waals surface area contributed by atoms with Crippen LogP contribution in [0.25, 0.3) is 6.08 Å². The second kappa shape index (κ2) is 6.94. The number of hydrogen-bond acceptors (Lipinski definition) is 4. The molecule has 24 heavy (non-hydrogen) atoms. The van der Waals surface area contributed by atoms with Crippen molar-refractivity contribution in [2.45, 2.75) is 26.3 Å². The highest BCUT2D eigenvalue weighted by Crippen LogP contribution is 2.27. The monoisotopic (exact) mass is 343 g/mol. The average molecular weight is 343 g/mol. The molecule has 1 unspecified atom stereocenters. The van der Waals surface area contributed by atoms with Crippen LogP contribution < -0.4 is 4.74 Å². The first-order valence-corrected chi connectivity index (χ1v) is 7.22. The van der Waals surface area contributed by atoms with E-state index < -0.39 is 30.2 Å². The summed E-state index contributed by atoms with van der Waals surface area (Å²) < 4.78 is 45.9. The number of imide groups is 1. The van der Waals surface area contributed by atoms with Gasteiger partial charge in [0.2, 0.25) is 0 Å². The smallest absolute Gasteiger partial charge is 0.447 e. The summed E-state index contributed by atoms with van der Waals surface area (Å²) in [4.78, 5) is 24.9. The number of rotatable bonds is 4. The molecule has 0 saturated carbocycles. The lowest BCUT2D eigenvalue weighted by molar-refractivity contribution is -0.274. The average Bonchev–Trinajstić information content (AvgIpc) is 2.86. The quantitative estimate of drug-likeness (QED) is 0.784. The predicted molar refractivity (Wildman–Crippen MR) is 79.0 cm³/mol. The molecule has 1 aromatic carbocycles. The third-order valence-electron chi connectivity index (χ3n) is 3.46. The van der Waals surface area contributed by atoms with Crippen LogP contribution in [-0.2, 0) is 9.53 Å². The Hall–Kier alpha value is -2.51. The van der Waals surface area contributed by atoms with E-state index in [0.717, 1.165) is 17.0 Å². The summed E-state index contributed by atoms with van der Waals surface area (Å²) in [6.45, 7) is 3.77. The number of cyclic esters (lactones) is 1. The van der Waals surface area contributed by atoms with Gasteiger partial charge in [-0.3, -0.25) is 4.79 Å². The second-order valence-electron chi connectivity index (χ2n) is 5.52. The first-order chi connectivity index (χ1) is 11.2. The Bertz CT molecular complexity index is 655. The molecule has 1 atom stereocenters. The standard InChI is InChI=1S/C16H16F3NO4/c1-10(2)12-9-23-15(22)20(12)14(21)8-7-11-5-3-4-6-13(11)24-16(17,18)19/h3-8,10,12H,9H2,1-2H3. The van der Waals surface area contributed by atoms with Crippen LogP contribution in [0.15, 0.2) is 30.3 Å². The van der Waals surface area contributed by atoms with E-state index in [0.29, 0.717) is 0 Å². The minimum atomic E-state index is -4.84. The van der Waals surface area contributed by atoms with Gasteiger partial charge in [0, 0.05) is 11.6 Å². The summed E-state index contributed by atoms with van der Waals surface area (Å²) >= 11 is 0. The van der Waals surface area contributed by atoms with Crippen LogP contribution >= 0.6 is 0 Å². The fourth-order valence-corrected chi connectivity index (χ4v) is 2.26. The number of hydrogen-bond donors (Lipinski definition) is 0. The van der Waals surface area contributed by atoms with Gasteiger partial charge in [-0.15, -0.1) is 13.2 Å². The topological polar surface area (TPSA) is 55.8 Å². The zero-order valence-electron chi connectivity index (χ0n) is 13.0. The van der Waals surface area contributed by atoms with Gasteiger partial charge in [-0.25, -0.2) is 9.69 Å². The molecule has 1 heterocycles. The Kier molecular flexibility index (Phi) is 5.16. The van der Waals surface area contributed by atoms with E-state index in [9.17, 15) is 22.8 Å². The van der Waals surface area contributed by atoms with Gasteiger partial charge >= 0.3 is 12.5 Å². The van der Waals surface area contributed by atoms with Crippen molar-refractivity contribution in [3.05, 3.63) is 35.9 Å². The Morgan fingerprint density at radius 1 is 1.38 bits per heavy atom. The van der Waals surface area contributed by atoms with Crippen molar-refractivity contribution < 1.29 is 32.2 Å². The third kappa shape index (κ3) is 4.27. The Morgan fingerprint density at radius 2 is 2.04 bits per heavy atom. The van der Waals surface area contributed by atoms with Crippen LogP contribution in [0.3, 0.4) is 0 Å². The normalized spacial score (nSPS) is 18.3. The number of carbonyl (C=O) groups excluding carboxylic acids is 2. The van der Waals surface area contributed by atoms with Crippen LogP contribution in [0, 0.1) is 5.92 Å². The number of halogens is 3. The molecular weight excluding hydrogens is 327 g/mol. The summed E-state index contributed by atoms with van der Waals surface area (Å²) in [5, 5.41) is 0. The van der Waals surface area contributed by atoms with Crippen LogP contribution in [-0.4, -0.2) is 35.9 Å². The van der Waals surface area contributed by atoms with E-state index in [4.69, 9.17) is 4.74 Å². The maximum atomic E-state index is 12.4. The first kappa shape index (κ1) is 17.8. The summed E-state index contributed by atoms with van der Waals surface area (Å²) in [6.07, 6.45) is -3.40. The molecule has 1 aliphatic rings. The van der Waals surface area contributed by atoms with Gasteiger partial charge < -0.3 is 9.47 Å². The molecule has 5 nitrogen and oxygen atoms in total. The number of para-hydroxylation sites is 1. The van der Waals surface area contributed by atoms with Gasteiger partial charge in [-0.05, 0) is 18.1 Å². The molecule has 2 amide bonds. The van der Waals surface area contributed by atoms with E-state index in [1.807, 2.05) is 13.8 Å². The van der Waals surface area contributed by atoms with Gasteiger partial charge in [0.1, 0.15) is 12.4 Å². The maximum absolute atomic E-state index is 12.4. The summed E-state index contributed by atoms with van der Waals surface area (Å²) in [5.41, 5.74) is 0.0665. The number of carbonyl (C=O) groups is 2. The van der Waals surface area contributed by atoms with E-state index in [2.05, 4.69) is 4.74 Å². The molecule has 8 heteroatoms. The molecule has 130 valence electrons. The zero-order valence-corrected chi connectivity index (χ0v) is 13.0. The van der Waals surface area contributed by atoms with E-state index >= 15 is 0 Å². The van der Waals surface area contributed by atoms with Gasteiger partial charge in [0.15, 0.2) is 0 Å². The van der Waals surface area contributed by atoms with Crippen molar-refractivity contribution in [3.63, 3.8) is 0 Å². The third-order valence-corrected chi connectivity index (χ3v) is 3.46. The molecule has 2 rings (SSSR count). The predicted octanol–water partition coefficient (Wildman–Crippen LogP) is 3.60. The molecule has 1 aromatic rings. The molecular formula is C16H16F3NO4. The van der Waals surface area contributed by atoms with E-state index in [1.165, 1.54) is 24.3 Å². The minimum absolute atomic E-state index is 0.00495. The molecule has 0 N–H and O–H groups in total. The Labute approximate surface area is 136 Å². The Morgan fingerprint density at radius 3 is 2.67 bits per heavy atom. The SMILES string of the molecule is CC(C)C1COC(=O)N1C(=O)C=Cc1ccccc1OC(F)(F)F. The Balaban J connectivity index is 2.19. The van der Waals surface area contributed by atoms with Crippen molar-refractivity contribution >= 4 is 18.1 Å². The fraction of sp³-hybridized carbons (Fsp3) is 0.375. The number of nitrogens with zero attached hydrogens (tertiary/aromatic N) is 1. The van der Waals surface area contributed by atoms with Crippen molar-refractivity contribution in [3.8, 4) is 5.75 Å². The van der Waals surface area contributed by atoms with Crippen molar-refractivity contribution in [2.75, 3.05) is 6.61 Å². The minimum Gasteiger partial charge on any atom is -0.447 e. The van der Waals surface area contributed by atoms with E-state index in [-0.39, 0.29) is 18.1 Å². The van der Waals surface area contributed by atoms with Crippen molar-refractivity contribution in [1.29, 1.82) is 0 Å². The van der Waals surface area contributed by atoms with Gasteiger partial charge in [0.25, 0.3) is 5.91 Å². The van der Waals surface area contributed by atoms with Crippen LogP contribution in [0.4, 0.5) is 18.0 Å². The van der Waals surface area contributed by atoms with E-state index in [1.54, 1.807) is 0 Å². The molecule has 1 fully saturated rings. The number of alkyl halides is 3. The number of ether oxygens (including phenoxy) is 2. The molecule has 0 spiro atoms. The molecule has 0 aromatic heterocycles. The lowest BCUT2D eigenvalue weighted by atomic mass is 10.0. The van der Waals surface area contributed by atoms with Gasteiger partial charge in [-0.2, -0.15) is 0 Å². The fourth-order valence-electron chi connectivity index (χ4n) is 2.26. The lowest BCUT2D eigenvalue weighted by Crippen LogP contribution is -2.40. The molecule has 1 aliphatic heterocycles. The van der Waals surface area contributed by atoms with Crippen molar-refractivity contribution in [2.24, 2.45) is 5.92 Å². The highest BCUT2D eigenvalue weighted by Gasteiger charge is 2.38. The first-order valence-electron chi connectivity index (χ1n) is 7.22. The van der Waals surface area contributed by atoms with Crippen LogP contribution in [0.2, 0.25) is 0 Å². The molecule has 1 saturated heterocycles. The van der Waals surface area contributed by atoms with Crippen molar-refractivity contribution in [1.82, 2.24) is 4.90 Å².